The van der Waals surface area contributed by atoms with E-state index in [1.165, 1.54) is 4.90 Å². The van der Waals surface area contributed by atoms with E-state index in [0.717, 1.165) is 5.52 Å². The van der Waals surface area contributed by atoms with Crippen molar-refractivity contribution < 1.29 is 24.2 Å². The maximum atomic E-state index is 14.1. The van der Waals surface area contributed by atoms with Gasteiger partial charge in [0, 0.05) is 7.05 Å². The summed E-state index contributed by atoms with van der Waals surface area (Å²) in [6, 6.07) is 5.90. The maximum absolute atomic E-state index is 14.1. The Kier molecular flexibility index (Phi) is 6.47. The van der Waals surface area contributed by atoms with Crippen LogP contribution in [0.1, 0.15) is 46.5 Å². The zero-order chi connectivity index (χ0) is 26.5. The zero-order valence-electron chi connectivity index (χ0n) is 21.8. The molecule has 1 aromatic carbocycles. The second-order valence-electron chi connectivity index (χ2n) is 10.9. The third-order valence-corrected chi connectivity index (χ3v) is 8.57. The molecular weight excluding hydrogens is 476 g/mol. The second kappa shape index (κ2) is 9.36. The molecule has 3 aliphatic heterocycles. The van der Waals surface area contributed by atoms with E-state index in [2.05, 4.69) is 20.9 Å². The highest BCUT2D eigenvalue weighted by molar-refractivity contribution is 5.99. The fourth-order valence-corrected chi connectivity index (χ4v) is 7.01. The molecule has 0 aliphatic carbocycles. The smallest absolute Gasteiger partial charge is 0.247 e. The van der Waals surface area contributed by atoms with Crippen molar-refractivity contribution in [3.05, 3.63) is 24.3 Å². The summed E-state index contributed by atoms with van der Waals surface area (Å²) < 4.78 is 8.29. The molecule has 6 atom stereocenters. The fourth-order valence-electron chi connectivity index (χ4n) is 7.01. The van der Waals surface area contributed by atoms with Crippen molar-refractivity contribution in [1.29, 1.82) is 0 Å². The van der Waals surface area contributed by atoms with E-state index in [4.69, 9.17) is 4.74 Å². The molecule has 11 heteroatoms. The predicted molar refractivity (Wildman–Crippen MR) is 134 cm³/mol. The SMILES string of the molecule is CC[C@]12CCC3(O1)C(C(=O)NCn1nnc4ccccc41)N([C@@H](CO)CC(C)C)C(=O)[C@@H]3[C@H]2C(=O)NC. The fraction of sp³-hybridized carbons (Fsp3) is 0.654. The highest BCUT2D eigenvalue weighted by atomic mass is 16.5. The number of benzene rings is 1. The largest absolute Gasteiger partial charge is 0.394 e. The number of nitrogens with zero attached hydrogens (tertiary/aromatic N) is 4. The van der Waals surface area contributed by atoms with Crippen LogP contribution in [-0.2, 0) is 25.8 Å². The average Bonchev–Trinajstić information content (AvgIpc) is 3.62. The van der Waals surface area contributed by atoms with Gasteiger partial charge in [0.2, 0.25) is 17.7 Å². The van der Waals surface area contributed by atoms with Crippen LogP contribution in [0.4, 0.5) is 0 Å². The number of aromatic nitrogens is 3. The number of nitrogens with one attached hydrogen (secondary N) is 2. The van der Waals surface area contributed by atoms with E-state index >= 15 is 0 Å². The number of likely N-dealkylation sites (tertiary alicyclic amines) is 1. The molecule has 3 fully saturated rings. The summed E-state index contributed by atoms with van der Waals surface area (Å²) in [5.74, 6) is -2.23. The minimum absolute atomic E-state index is 0.0599. The first kappa shape index (κ1) is 25.6. The second-order valence-corrected chi connectivity index (χ2v) is 10.9. The van der Waals surface area contributed by atoms with Gasteiger partial charge in [-0.1, -0.05) is 38.1 Å². The lowest BCUT2D eigenvalue weighted by molar-refractivity contribution is -0.151. The number of aliphatic hydroxyl groups excluding tert-OH is 1. The number of para-hydroxylation sites is 1. The van der Waals surface area contributed by atoms with Gasteiger partial charge in [-0.15, -0.1) is 5.10 Å². The van der Waals surface area contributed by atoms with Crippen LogP contribution in [0.15, 0.2) is 24.3 Å². The summed E-state index contributed by atoms with van der Waals surface area (Å²) in [6.45, 7) is 5.75. The molecule has 0 saturated carbocycles. The summed E-state index contributed by atoms with van der Waals surface area (Å²) in [7, 11) is 1.56. The Bertz CT molecular complexity index is 1220. The van der Waals surface area contributed by atoms with Crippen molar-refractivity contribution >= 4 is 28.8 Å². The van der Waals surface area contributed by atoms with E-state index in [0.29, 0.717) is 31.2 Å². The first-order valence-electron chi connectivity index (χ1n) is 13.1. The summed E-state index contributed by atoms with van der Waals surface area (Å²) in [5.41, 5.74) is -0.446. The number of rotatable bonds is 9. The van der Waals surface area contributed by atoms with Gasteiger partial charge in [-0.2, -0.15) is 0 Å². The Morgan fingerprint density at radius 2 is 2.00 bits per heavy atom. The van der Waals surface area contributed by atoms with Crippen LogP contribution < -0.4 is 10.6 Å². The lowest BCUT2D eigenvalue weighted by Crippen LogP contribution is -2.58. The van der Waals surface area contributed by atoms with Gasteiger partial charge in [-0.25, -0.2) is 4.68 Å². The van der Waals surface area contributed by atoms with E-state index in [9.17, 15) is 19.5 Å². The van der Waals surface area contributed by atoms with Crippen molar-refractivity contribution in [1.82, 2.24) is 30.5 Å². The molecule has 0 radical (unpaired) electrons. The third kappa shape index (κ3) is 3.73. The van der Waals surface area contributed by atoms with Gasteiger partial charge in [0.05, 0.1) is 35.6 Å². The average molecular weight is 513 g/mol. The quantitative estimate of drug-likeness (QED) is 0.452. The molecule has 3 aliphatic rings. The summed E-state index contributed by atoms with van der Waals surface area (Å²) >= 11 is 0. The first-order valence-corrected chi connectivity index (χ1v) is 13.1. The topological polar surface area (TPSA) is 139 Å². The number of hydrogen-bond donors (Lipinski definition) is 3. The molecule has 11 nitrogen and oxygen atoms in total. The number of carbonyl (C=O) groups is 3. The lowest BCUT2D eigenvalue weighted by Gasteiger charge is -2.37. The number of hydrogen-bond acceptors (Lipinski definition) is 7. The van der Waals surface area contributed by atoms with E-state index in [1.54, 1.807) is 11.7 Å². The van der Waals surface area contributed by atoms with Crippen LogP contribution in [0.3, 0.4) is 0 Å². The molecule has 1 spiro atoms. The number of amides is 3. The Labute approximate surface area is 215 Å². The van der Waals surface area contributed by atoms with E-state index in [-0.39, 0.29) is 36.9 Å². The standard InChI is InChI=1S/C26H36N6O5/c1-5-25-10-11-26(37-25)20(19(25)22(34)27-4)24(36)32(16(13-33)12-15(2)3)21(26)23(35)28-14-31-18-9-7-6-8-17(18)29-30-31/h6-9,15-16,19-21,33H,5,10-14H2,1-4H3,(H,27,34)(H,28,35)/t16-,19+,20+,21?,25-,26?/m1/s1. The molecule has 2 aromatic rings. The highest BCUT2D eigenvalue weighted by Gasteiger charge is 2.79. The zero-order valence-corrected chi connectivity index (χ0v) is 21.8. The monoisotopic (exact) mass is 512 g/mol. The van der Waals surface area contributed by atoms with Crippen LogP contribution >= 0.6 is 0 Å². The molecular formula is C26H36N6O5. The Morgan fingerprint density at radius 1 is 1.24 bits per heavy atom. The summed E-state index contributed by atoms with van der Waals surface area (Å²) in [6.07, 6.45) is 2.16. The Balaban J connectivity index is 1.52. The number of aliphatic hydroxyl groups is 1. The molecule has 2 unspecified atom stereocenters. The molecule has 37 heavy (non-hydrogen) atoms. The van der Waals surface area contributed by atoms with Gasteiger partial charge >= 0.3 is 0 Å². The van der Waals surface area contributed by atoms with Crippen LogP contribution in [0.25, 0.3) is 11.0 Å². The molecule has 200 valence electrons. The number of ether oxygens (including phenoxy) is 1. The van der Waals surface area contributed by atoms with Crippen LogP contribution in [0.2, 0.25) is 0 Å². The molecule has 2 bridgehead atoms. The van der Waals surface area contributed by atoms with Crippen LogP contribution in [-0.4, -0.2) is 79.7 Å². The number of carbonyl (C=O) groups excluding carboxylic acids is 3. The molecule has 4 heterocycles. The van der Waals surface area contributed by atoms with Crippen molar-refractivity contribution in [2.24, 2.45) is 17.8 Å². The van der Waals surface area contributed by atoms with Crippen molar-refractivity contribution in [2.75, 3.05) is 13.7 Å². The summed E-state index contributed by atoms with van der Waals surface area (Å²) in [5, 5.41) is 24.3. The van der Waals surface area contributed by atoms with Gasteiger partial charge in [0.1, 0.15) is 23.8 Å². The van der Waals surface area contributed by atoms with Crippen LogP contribution in [0, 0.1) is 17.8 Å². The molecule has 3 amide bonds. The van der Waals surface area contributed by atoms with Crippen molar-refractivity contribution in [3.63, 3.8) is 0 Å². The molecule has 3 N–H and O–H groups in total. The van der Waals surface area contributed by atoms with E-state index < -0.39 is 35.1 Å². The van der Waals surface area contributed by atoms with Gasteiger partial charge in [0.25, 0.3) is 0 Å². The van der Waals surface area contributed by atoms with Crippen LogP contribution in [0.5, 0.6) is 0 Å². The first-order chi connectivity index (χ1) is 17.7. The summed E-state index contributed by atoms with van der Waals surface area (Å²) in [4.78, 5) is 42.7. The number of fused-ring (bicyclic) bond motifs is 2. The maximum Gasteiger partial charge on any atom is 0.247 e. The van der Waals surface area contributed by atoms with Gasteiger partial charge < -0.3 is 25.4 Å². The molecule has 1 aromatic heterocycles. The third-order valence-electron chi connectivity index (χ3n) is 8.57. The van der Waals surface area contributed by atoms with Gasteiger partial charge in [0.15, 0.2) is 0 Å². The van der Waals surface area contributed by atoms with Crippen molar-refractivity contribution in [2.45, 2.75) is 76.4 Å². The van der Waals surface area contributed by atoms with E-state index in [1.807, 2.05) is 45.0 Å². The minimum atomic E-state index is -1.14. The van der Waals surface area contributed by atoms with Crippen molar-refractivity contribution in [3.8, 4) is 0 Å². The molecule has 5 rings (SSSR count). The van der Waals surface area contributed by atoms with Gasteiger partial charge in [-0.05, 0) is 43.7 Å². The highest BCUT2D eigenvalue weighted by Crippen LogP contribution is 2.64. The Hall–Kier alpha value is -3.05. The minimum Gasteiger partial charge on any atom is -0.394 e. The Morgan fingerprint density at radius 3 is 2.68 bits per heavy atom. The van der Waals surface area contributed by atoms with Gasteiger partial charge in [-0.3, -0.25) is 14.4 Å². The lowest BCUT2D eigenvalue weighted by atomic mass is 9.65. The predicted octanol–water partition coefficient (Wildman–Crippen LogP) is 0.813. The molecule has 3 saturated heterocycles. The normalized spacial score (nSPS) is 31.2.